The van der Waals surface area contributed by atoms with Crippen LogP contribution in [-0.2, 0) is 4.79 Å². The summed E-state index contributed by atoms with van der Waals surface area (Å²) in [4.78, 5) is 11.8. The number of halogens is 1. The Balaban J connectivity index is 1.83. The van der Waals surface area contributed by atoms with E-state index in [0.717, 1.165) is 12.2 Å². The van der Waals surface area contributed by atoms with Gasteiger partial charge in [-0.05, 0) is 42.8 Å². The molecule has 0 aliphatic heterocycles. The van der Waals surface area contributed by atoms with Crippen LogP contribution in [0.25, 0.3) is 0 Å². The number of hydrogen-bond donors (Lipinski definition) is 1. The molecular weight excluding hydrogens is 302 g/mol. The van der Waals surface area contributed by atoms with Crippen molar-refractivity contribution in [3.05, 3.63) is 53.6 Å². The van der Waals surface area contributed by atoms with Gasteiger partial charge in [0.15, 0.2) is 6.61 Å². The molecule has 116 valence electrons. The SMILES string of the molecule is CCCOc1ccc(NC(=O)COc2ccccc2Cl)cc1. The van der Waals surface area contributed by atoms with E-state index in [9.17, 15) is 4.79 Å². The molecule has 1 N–H and O–H groups in total. The van der Waals surface area contributed by atoms with Gasteiger partial charge in [-0.3, -0.25) is 4.79 Å². The molecular formula is C17H18ClNO3. The van der Waals surface area contributed by atoms with Crippen molar-refractivity contribution in [2.24, 2.45) is 0 Å². The van der Waals surface area contributed by atoms with E-state index in [0.29, 0.717) is 23.1 Å². The van der Waals surface area contributed by atoms with Gasteiger partial charge in [0.2, 0.25) is 0 Å². The van der Waals surface area contributed by atoms with Gasteiger partial charge >= 0.3 is 0 Å². The number of rotatable bonds is 7. The van der Waals surface area contributed by atoms with E-state index in [1.165, 1.54) is 0 Å². The zero-order chi connectivity index (χ0) is 15.8. The van der Waals surface area contributed by atoms with Crippen molar-refractivity contribution >= 4 is 23.2 Å². The first-order valence-electron chi connectivity index (χ1n) is 7.09. The van der Waals surface area contributed by atoms with Crippen molar-refractivity contribution in [2.45, 2.75) is 13.3 Å². The molecule has 5 heteroatoms. The molecule has 0 heterocycles. The van der Waals surface area contributed by atoms with E-state index in [2.05, 4.69) is 5.32 Å². The van der Waals surface area contributed by atoms with Gasteiger partial charge in [-0.15, -0.1) is 0 Å². The second-order valence-corrected chi connectivity index (χ2v) is 5.05. The van der Waals surface area contributed by atoms with E-state index in [4.69, 9.17) is 21.1 Å². The highest BCUT2D eigenvalue weighted by Gasteiger charge is 2.06. The van der Waals surface area contributed by atoms with Crippen molar-refractivity contribution < 1.29 is 14.3 Å². The van der Waals surface area contributed by atoms with Crippen LogP contribution in [0.2, 0.25) is 5.02 Å². The van der Waals surface area contributed by atoms with Crippen molar-refractivity contribution in [1.29, 1.82) is 0 Å². The molecule has 0 bridgehead atoms. The van der Waals surface area contributed by atoms with Gasteiger partial charge in [0.05, 0.1) is 11.6 Å². The van der Waals surface area contributed by atoms with E-state index in [1.807, 2.05) is 19.1 Å². The number of carbonyl (C=O) groups excluding carboxylic acids is 1. The van der Waals surface area contributed by atoms with E-state index in [1.54, 1.807) is 36.4 Å². The summed E-state index contributed by atoms with van der Waals surface area (Å²) < 4.78 is 10.9. The predicted octanol–water partition coefficient (Wildman–Crippen LogP) is 4.15. The highest BCUT2D eigenvalue weighted by Crippen LogP contribution is 2.23. The fraction of sp³-hybridized carbons (Fsp3) is 0.235. The maximum Gasteiger partial charge on any atom is 0.262 e. The molecule has 0 fully saturated rings. The van der Waals surface area contributed by atoms with Crippen LogP contribution < -0.4 is 14.8 Å². The Bertz CT molecular complexity index is 614. The average Bonchev–Trinajstić information content (AvgIpc) is 2.53. The molecule has 0 atom stereocenters. The molecule has 0 saturated heterocycles. The van der Waals surface area contributed by atoms with Crippen LogP contribution in [0, 0.1) is 0 Å². The normalized spacial score (nSPS) is 10.1. The largest absolute Gasteiger partial charge is 0.494 e. The number of anilines is 1. The predicted molar refractivity (Wildman–Crippen MR) is 87.8 cm³/mol. The molecule has 0 saturated carbocycles. The van der Waals surface area contributed by atoms with Crippen molar-refractivity contribution in [3.63, 3.8) is 0 Å². The third-order valence-corrected chi connectivity index (χ3v) is 3.12. The summed E-state index contributed by atoms with van der Waals surface area (Å²) in [6, 6.07) is 14.3. The minimum atomic E-state index is -0.248. The standard InChI is InChI=1S/C17H18ClNO3/c1-2-11-21-14-9-7-13(8-10-14)19-17(20)12-22-16-6-4-3-5-15(16)18/h3-10H,2,11-12H2,1H3,(H,19,20). The van der Waals surface area contributed by atoms with Crippen molar-refractivity contribution in [3.8, 4) is 11.5 Å². The van der Waals surface area contributed by atoms with E-state index < -0.39 is 0 Å². The van der Waals surface area contributed by atoms with Crippen molar-refractivity contribution in [2.75, 3.05) is 18.5 Å². The molecule has 2 rings (SSSR count). The first kappa shape index (κ1) is 16.2. The molecule has 0 radical (unpaired) electrons. The summed E-state index contributed by atoms with van der Waals surface area (Å²) in [6.45, 7) is 2.63. The maximum atomic E-state index is 11.8. The van der Waals surface area contributed by atoms with E-state index >= 15 is 0 Å². The molecule has 0 unspecified atom stereocenters. The van der Waals surface area contributed by atoms with Crippen LogP contribution >= 0.6 is 11.6 Å². The van der Waals surface area contributed by atoms with Gasteiger partial charge in [-0.2, -0.15) is 0 Å². The number of para-hydroxylation sites is 1. The van der Waals surface area contributed by atoms with Crippen LogP contribution in [0.3, 0.4) is 0 Å². The minimum Gasteiger partial charge on any atom is -0.494 e. The van der Waals surface area contributed by atoms with Gasteiger partial charge in [-0.25, -0.2) is 0 Å². The van der Waals surface area contributed by atoms with Gasteiger partial charge in [0, 0.05) is 5.69 Å². The lowest BCUT2D eigenvalue weighted by Crippen LogP contribution is -2.20. The summed E-state index contributed by atoms with van der Waals surface area (Å²) in [5, 5.41) is 3.23. The minimum absolute atomic E-state index is 0.0994. The van der Waals surface area contributed by atoms with Gasteiger partial charge in [0.25, 0.3) is 5.91 Å². The number of amides is 1. The monoisotopic (exact) mass is 319 g/mol. The fourth-order valence-corrected chi connectivity index (χ4v) is 1.95. The highest BCUT2D eigenvalue weighted by atomic mass is 35.5. The summed E-state index contributed by atoms with van der Waals surface area (Å²) >= 11 is 5.96. The fourth-order valence-electron chi connectivity index (χ4n) is 1.76. The first-order chi connectivity index (χ1) is 10.7. The Morgan fingerprint density at radius 3 is 2.50 bits per heavy atom. The summed E-state index contributed by atoms with van der Waals surface area (Å²) in [5.74, 6) is 1.02. The number of ether oxygens (including phenoxy) is 2. The van der Waals surface area contributed by atoms with Crippen LogP contribution in [0.15, 0.2) is 48.5 Å². The third kappa shape index (κ3) is 4.97. The number of carbonyl (C=O) groups is 1. The lowest BCUT2D eigenvalue weighted by Gasteiger charge is -2.09. The second-order valence-electron chi connectivity index (χ2n) is 4.64. The Morgan fingerprint density at radius 1 is 1.09 bits per heavy atom. The lowest BCUT2D eigenvalue weighted by molar-refractivity contribution is -0.118. The van der Waals surface area contributed by atoms with Gasteiger partial charge in [0.1, 0.15) is 11.5 Å². The Morgan fingerprint density at radius 2 is 1.82 bits per heavy atom. The quantitative estimate of drug-likeness (QED) is 0.834. The smallest absolute Gasteiger partial charge is 0.262 e. The van der Waals surface area contributed by atoms with Crippen LogP contribution in [-0.4, -0.2) is 19.1 Å². The molecule has 22 heavy (non-hydrogen) atoms. The van der Waals surface area contributed by atoms with Crippen molar-refractivity contribution in [1.82, 2.24) is 0 Å². The van der Waals surface area contributed by atoms with Gasteiger partial charge in [-0.1, -0.05) is 30.7 Å². The third-order valence-electron chi connectivity index (χ3n) is 2.81. The maximum absolute atomic E-state index is 11.8. The topological polar surface area (TPSA) is 47.6 Å². The molecule has 0 aliphatic rings. The number of benzene rings is 2. The van der Waals surface area contributed by atoms with Crippen LogP contribution in [0.1, 0.15) is 13.3 Å². The highest BCUT2D eigenvalue weighted by molar-refractivity contribution is 6.32. The van der Waals surface area contributed by atoms with Crippen LogP contribution in [0.5, 0.6) is 11.5 Å². The van der Waals surface area contributed by atoms with E-state index in [-0.39, 0.29) is 12.5 Å². The molecule has 2 aromatic carbocycles. The second kappa shape index (κ2) is 8.29. The zero-order valence-electron chi connectivity index (χ0n) is 12.3. The molecule has 1 amide bonds. The molecule has 0 aromatic heterocycles. The summed E-state index contributed by atoms with van der Waals surface area (Å²) in [6.07, 6.45) is 0.956. The number of hydrogen-bond acceptors (Lipinski definition) is 3. The average molecular weight is 320 g/mol. The Kier molecular flexibility index (Phi) is 6.10. The summed E-state index contributed by atoms with van der Waals surface area (Å²) in [7, 11) is 0. The van der Waals surface area contributed by atoms with Gasteiger partial charge < -0.3 is 14.8 Å². The summed E-state index contributed by atoms with van der Waals surface area (Å²) in [5.41, 5.74) is 0.691. The molecule has 0 aliphatic carbocycles. The molecule has 2 aromatic rings. The molecule has 0 spiro atoms. The number of nitrogens with one attached hydrogen (secondary N) is 1. The zero-order valence-corrected chi connectivity index (χ0v) is 13.1. The Labute approximate surface area is 135 Å². The first-order valence-corrected chi connectivity index (χ1v) is 7.47. The Hall–Kier alpha value is -2.20. The lowest BCUT2D eigenvalue weighted by atomic mass is 10.3. The molecule has 4 nitrogen and oxygen atoms in total. The van der Waals surface area contributed by atoms with Crippen LogP contribution in [0.4, 0.5) is 5.69 Å².